The molecule has 1 aromatic heterocycles. The summed E-state index contributed by atoms with van der Waals surface area (Å²) in [6.45, 7) is 0. The van der Waals surface area contributed by atoms with Gasteiger partial charge in [0.05, 0.1) is 5.52 Å². The fourth-order valence-electron chi connectivity index (χ4n) is 4.58. The Kier molecular flexibility index (Phi) is 4.28. The zero-order valence-corrected chi connectivity index (χ0v) is 16.7. The van der Waals surface area contributed by atoms with Crippen molar-refractivity contribution < 1.29 is 13.2 Å². The van der Waals surface area contributed by atoms with Gasteiger partial charge in [0.2, 0.25) is 0 Å². The highest BCUT2D eigenvalue weighted by atomic mass is 32.2. The van der Waals surface area contributed by atoms with E-state index in [1.54, 1.807) is 24.3 Å². The third-order valence-electron chi connectivity index (χ3n) is 5.82. The van der Waals surface area contributed by atoms with Crippen molar-refractivity contribution in [3.8, 4) is 0 Å². The van der Waals surface area contributed by atoms with Gasteiger partial charge in [0, 0.05) is 17.3 Å². The first kappa shape index (κ1) is 18.1. The van der Waals surface area contributed by atoms with Gasteiger partial charge in [-0.25, -0.2) is 17.9 Å². The zero-order valence-electron chi connectivity index (χ0n) is 15.9. The summed E-state index contributed by atoms with van der Waals surface area (Å²) in [5.74, 6) is 0. The number of pyridine rings is 1. The molecule has 5 rings (SSSR count). The highest BCUT2D eigenvalue weighted by molar-refractivity contribution is 7.90. The molecule has 3 aromatic rings. The van der Waals surface area contributed by atoms with Crippen molar-refractivity contribution in [3.63, 3.8) is 0 Å². The normalized spacial score (nSPS) is 15.2. The second kappa shape index (κ2) is 6.84. The summed E-state index contributed by atoms with van der Waals surface area (Å²) < 4.78 is 28.0. The van der Waals surface area contributed by atoms with E-state index < -0.39 is 16.1 Å². The summed E-state index contributed by atoms with van der Waals surface area (Å²) in [7, 11) is -4.06. The number of carbonyl (C=O) groups excluding carboxylic acids is 1. The van der Waals surface area contributed by atoms with Crippen LogP contribution in [0.3, 0.4) is 0 Å². The Morgan fingerprint density at radius 3 is 2.34 bits per heavy atom. The summed E-state index contributed by atoms with van der Waals surface area (Å²) in [6.07, 6.45) is 7.52. The van der Waals surface area contributed by atoms with Crippen molar-refractivity contribution in [2.24, 2.45) is 0 Å². The third kappa shape index (κ3) is 3.15. The van der Waals surface area contributed by atoms with Gasteiger partial charge in [0.15, 0.2) is 0 Å². The monoisotopic (exact) mass is 407 g/mol. The van der Waals surface area contributed by atoms with E-state index in [2.05, 4.69) is 21.1 Å². The Bertz CT molecular complexity index is 1210. The maximum Gasteiger partial charge on any atom is 0.333 e. The number of nitrogens with one attached hydrogen (secondary N) is 2. The number of amides is 2. The number of hydrogen-bond donors (Lipinski definition) is 2. The van der Waals surface area contributed by atoms with Crippen LogP contribution in [-0.4, -0.2) is 19.4 Å². The number of benzene rings is 2. The molecule has 0 unspecified atom stereocenters. The molecule has 0 radical (unpaired) electrons. The summed E-state index contributed by atoms with van der Waals surface area (Å²) in [5, 5.41) is 3.57. The van der Waals surface area contributed by atoms with Crippen LogP contribution in [0.4, 0.5) is 10.5 Å². The number of nitrogens with zero attached hydrogens (tertiary/aromatic N) is 1. The molecule has 0 spiro atoms. The molecule has 2 aliphatic carbocycles. The van der Waals surface area contributed by atoms with E-state index in [0.717, 1.165) is 55.3 Å². The smallest absolute Gasteiger partial charge is 0.307 e. The molecule has 2 N–H and O–H groups in total. The lowest BCUT2D eigenvalue weighted by Crippen LogP contribution is -2.35. The lowest BCUT2D eigenvalue weighted by Gasteiger charge is -2.17. The average molecular weight is 407 g/mol. The SMILES string of the molecule is O=C(Nc1c2c(cc3c1CCC3)CCC2)NS(=O)(=O)c1cccc2cccnc12. The van der Waals surface area contributed by atoms with Gasteiger partial charge in [-0.05, 0) is 72.9 Å². The van der Waals surface area contributed by atoms with E-state index in [-0.39, 0.29) is 4.90 Å². The molecule has 0 fully saturated rings. The number of aryl methyl sites for hydroxylation is 2. The maximum atomic E-state index is 12.9. The minimum Gasteiger partial charge on any atom is -0.307 e. The van der Waals surface area contributed by atoms with E-state index in [1.807, 2.05) is 0 Å². The maximum absolute atomic E-state index is 12.9. The van der Waals surface area contributed by atoms with Gasteiger partial charge in [-0.1, -0.05) is 24.3 Å². The topological polar surface area (TPSA) is 88.2 Å². The van der Waals surface area contributed by atoms with Gasteiger partial charge in [-0.15, -0.1) is 0 Å². The molecule has 2 aliphatic rings. The van der Waals surface area contributed by atoms with Gasteiger partial charge in [0.1, 0.15) is 4.90 Å². The molecule has 0 saturated carbocycles. The zero-order chi connectivity index (χ0) is 20.0. The molecule has 0 saturated heterocycles. The molecule has 6 nitrogen and oxygen atoms in total. The standard InChI is InChI=1S/C22H21N3O3S/c26-22(24-21-17-9-1-6-15(17)13-16-7-2-10-18(16)21)25-29(27,28)19-11-3-5-14-8-4-12-23-20(14)19/h3-5,8,11-13H,1-2,6-7,9-10H2,(H2,24,25,26). The van der Waals surface area contributed by atoms with E-state index >= 15 is 0 Å². The first-order valence-corrected chi connectivity index (χ1v) is 11.4. The molecule has 29 heavy (non-hydrogen) atoms. The minimum atomic E-state index is -4.06. The fraction of sp³-hybridized carbons (Fsp3) is 0.273. The van der Waals surface area contributed by atoms with Crippen molar-refractivity contribution in [1.29, 1.82) is 0 Å². The number of rotatable bonds is 3. The van der Waals surface area contributed by atoms with Crippen LogP contribution < -0.4 is 10.0 Å². The fourth-order valence-corrected chi connectivity index (χ4v) is 5.66. The van der Waals surface area contributed by atoms with Crippen LogP contribution in [0.15, 0.2) is 47.5 Å². The summed E-state index contributed by atoms with van der Waals surface area (Å²) >= 11 is 0. The Morgan fingerprint density at radius 2 is 1.62 bits per heavy atom. The van der Waals surface area contributed by atoms with Crippen LogP contribution in [0.5, 0.6) is 0 Å². The van der Waals surface area contributed by atoms with Crippen molar-refractivity contribution >= 4 is 32.6 Å². The minimum absolute atomic E-state index is 0.00531. The highest BCUT2D eigenvalue weighted by Crippen LogP contribution is 2.38. The molecular weight excluding hydrogens is 386 g/mol. The number of sulfonamides is 1. The number of hydrogen-bond acceptors (Lipinski definition) is 4. The quantitative estimate of drug-likeness (QED) is 0.693. The van der Waals surface area contributed by atoms with Crippen molar-refractivity contribution in [1.82, 2.24) is 9.71 Å². The van der Waals surface area contributed by atoms with E-state index in [1.165, 1.54) is 23.4 Å². The number of urea groups is 1. The van der Waals surface area contributed by atoms with E-state index in [4.69, 9.17) is 0 Å². The molecule has 7 heteroatoms. The molecular formula is C22H21N3O3S. The molecule has 148 valence electrons. The van der Waals surface area contributed by atoms with Gasteiger partial charge in [-0.2, -0.15) is 0 Å². The van der Waals surface area contributed by atoms with Crippen LogP contribution >= 0.6 is 0 Å². The van der Waals surface area contributed by atoms with Crippen molar-refractivity contribution in [3.05, 3.63) is 64.8 Å². The van der Waals surface area contributed by atoms with E-state index in [0.29, 0.717) is 10.9 Å². The van der Waals surface area contributed by atoms with Crippen molar-refractivity contribution in [2.75, 3.05) is 5.32 Å². The van der Waals surface area contributed by atoms with Crippen LogP contribution in [0.1, 0.15) is 35.1 Å². The van der Waals surface area contributed by atoms with Crippen LogP contribution in [-0.2, 0) is 35.7 Å². The van der Waals surface area contributed by atoms with Crippen LogP contribution in [0.25, 0.3) is 10.9 Å². The summed E-state index contributed by atoms with van der Waals surface area (Å²) in [4.78, 5) is 16.9. The van der Waals surface area contributed by atoms with Gasteiger partial charge < -0.3 is 5.32 Å². The van der Waals surface area contributed by atoms with Gasteiger partial charge in [-0.3, -0.25) is 4.98 Å². The predicted octanol–water partition coefficient (Wildman–Crippen LogP) is 3.72. The summed E-state index contributed by atoms with van der Waals surface area (Å²) in [5.41, 5.74) is 6.03. The Balaban J connectivity index is 1.46. The van der Waals surface area contributed by atoms with Crippen LogP contribution in [0, 0.1) is 0 Å². The van der Waals surface area contributed by atoms with Gasteiger partial charge in [0.25, 0.3) is 10.0 Å². The number of fused-ring (bicyclic) bond motifs is 3. The molecule has 0 atom stereocenters. The first-order chi connectivity index (χ1) is 14.0. The van der Waals surface area contributed by atoms with Crippen LogP contribution in [0.2, 0.25) is 0 Å². The third-order valence-corrected chi connectivity index (χ3v) is 7.19. The molecule has 0 bridgehead atoms. The van der Waals surface area contributed by atoms with E-state index in [9.17, 15) is 13.2 Å². The van der Waals surface area contributed by atoms with Crippen molar-refractivity contribution in [2.45, 2.75) is 43.4 Å². The second-order valence-electron chi connectivity index (χ2n) is 7.62. The number of para-hydroxylation sites is 1. The van der Waals surface area contributed by atoms with Gasteiger partial charge >= 0.3 is 6.03 Å². The predicted molar refractivity (Wildman–Crippen MR) is 112 cm³/mol. The molecule has 1 heterocycles. The highest BCUT2D eigenvalue weighted by Gasteiger charge is 2.27. The number of carbonyl (C=O) groups is 1. The molecule has 2 aromatic carbocycles. The Labute approximate surface area is 169 Å². The second-order valence-corrected chi connectivity index (χ2v) is 9.28. The number of aromatic nitrogens is 1. The lowest BCUT2D eigenvalue weighted by molar-refractivity contribution is 0.256. The Hall–Kier alpha value is -2.93. The Morgan fingerprint density at radius 1 is 0.931 bits per heavy atom. The average Bonchev–Trinajstić information content (AvgIpc) is 3.36. The molecule has 0 aliphatic heterocycles. The first-order valence-electron chi connectivity index (χ1n) is 9.87. The molecule has 2 amide bonds. The lowest BCUT2D eigenvalue weighted by atomic mass is 9.99. The summed E-state index contributed by atoms with van der Waals surface area (Å²) in [6, 6.07) is 9.97. The largest absolute Gasteiger partial charge is 0.333 e. The number of anilines is 1.